The Hall–Kier alpha value is -1.57. The van der Waals surface area contributed by atoms with Crippen LogP contribution in [0.4, 0.5) is 0 Å². The molecule has 1 amide bonds. The van der Waals surface area contributed by atoms with Crippen LogP contribution >= 0.6 is 24.2 Å². The maximum Gasteiger partial charge on any atom is 0.273 e. The van der Waals surface area contributed by atoms with E-state index in [0.717, 1.165) is 44.5 Å². The molecule has 2 heterocycles. The molecule has 1 aromatic heterocycles. The van der Waals surface area contributed by atoms with Crippen LogP contribution in [-0.4, -0.2) is 45.3 Å². The highest BCUT2D eigenvalue weighted by Gasteiger charge is 2.44. The molecular weight excluding hydrogens is 382 g/mol. The molecule has 8 heteroatoms. The molecule has 27 heavy (non-hydrogen) atoms. The van der Waals surface area contributed by atoms with E-state index in [0.29, 0.717) is 18.3 Å². The molecule has 1 saturated heterocycles. The fraction of sp³-hybridized carbons (Fsp3) is 0.526. The second kappa shape index (κ2) is 8.63. The largest absolute Gasteiger partial charge is 0.349 e. The second-order valence-corrected chi connectivity index (χ2v) is 8.77. The summed E-state index contributed by atoms with van der Waals surface area (Å²) in [5.41, 5.74) is 1.33. The van der Waals surface area contributed by atoms with Crippen molar-refractivity contribution in [1.29, 1.82) is 0 Å². The number of nitrogens with one attached hydrogen (secondary N) is 2. The Kier molecular flexibility index (Phi) is 6.44. The van der Waals surface area contributed by atoms with E-state index in [9.17, 15) is 4.79 Å². The minimum atomic E-state index is -0.109. The number of hydrogen-bond donors (Lipinski definition) is 2. The van der Waals surface area contributed by atoms with Crippen LogP contribution in [0.5, 0.6) is 0 Å². The number of halogens is 1. The molecule has 146 valence electrons. The summed E-state index contributed by atoms with van der Waals surface area (Å²) in [6.07, 6.45) is 4.32. The lowest BCUT2D eigenvalue weighted by Gasteiger charge is -2.23. The number of thioether (sulfide) groups is 1. The fourth-order valence-electron chi connectivity index (χ4n) is 3.47. The lowest BCUT2D eigenvalue weighted by Crippen LogP contribution is -2.33. The van der Waals surface area contributed by atoms with E-state index in [2.05, 4.69) is 45.2 Å². The van der Waals surface area contributed by atoms with Crippen molar-refractivity contribution in [1.82, 2.24) is 25.6 Å². The first-order valence-electron chi connectivity index (χ1n) is 9.32. The number of hydrogen-bond acceptors (Lipinski definition) is 5. The third-order valence-electron chi connectivity index (χ3n) is 5.25. The zero-order chi connectivity index (χ0) is 18.0. The van der Waals surface area contributed by atoms with Crippen LogP contribution < -0.4 is 10.6 Å². The topological polar surface area (TPSA) is 71.8 Å². The van der Waals surface area contributed by atoms with Crippen LogP contribution in [-0.2, 0) is 0 Å². The summed E-state index contributed by atoms with van der Waals surface area (Å²) < 4.78 is 2.07. The Morgan fingerprint density at radius 2 is 2.00 bits per heavy atom. The number of aromatic nitrogens is 3. The molecule has 2 aromatic rings. The highest BCUT2D eigenvalue weighted by atomic mass is 35.5. The molecule has 1 aromatic carbocycles. The molecular formula is C19H26ClN5OS. The van der Waals surface area contributed by atoms with Gasteiger partial charge in [0.1, 0.15) is 0 Å². The van der Waals surface area contributed by atoms with E-state index in [1.54, 1.807) is 0 Å². The third-order valence-corrected chi connectivity index (χ3v) is 6.75. The third kappa shape index (κ3) is 4.65. The van der Waals surface area contributed by atoms with Crippen molar-refractivity contribution < 1.29 is 4.79 Å². The lowest BCUT2D eigenvalue weighted by molar-refractivity contribution is 0.0947. The van der Waals surface area contributed by atoms with Gasteiger partial charge in [-0.3, -0.25) is 4.79 Å². The number of nitrogens with zero attached hydrogens (tertiary/aromatic N) is 3. The van der Waals surface area contributed by atoms with Gasteiger partial charge in [0, 0.05) is 16.2 Å². The van der Waals surface area contributed by atoms with Crippen molar-refractivity contribution >= 4 is 30.1 Å². The summed E-state index contributed by atoms with van der Waals surface area (Å²) in [5, 5.41) is 14.9. The van der Waals surface area contributed by atoms with Gasteiger partial charge in [0.2, 0.25) is 0 Å². The molecule has 1 aliphatic heterocycles. The van der Waals surface area contributed by atoms with Crippen LogP contribution in [0.15, 0.2) is 35.2 Å². The molecule has 2 aliphatic rings. The SMILES string of the molecule is Cc1c(C(=O)NCC2(Sc3ccccc3)CC2)nnn1C1CCNCC1.Cl. The van der Waals surface area contributed by atoms with Crippen molar-refractivity contribution in [3.05, 3.63) is 41.7 Å². The van der Waals surface area contributed by atoms with Crippen LogP contribution in [0, 0.1) is 6.92 Å². The van der Waals surface area contributed by atoms with Gasteiger partial charge in [0.15, 0.2) is 5.69 Å². The normalized spacial score (nSPS) is 18.6. The first-order valence-corrected chi connectivity index (χ1v) is 10.1. The Morgan fingerprint density at radius 1 is 1.30 bits per heavy atom. The van der Waals surface area contributed by atoms with E-state index in [-0.39, 0.29) is 23.1 Å². The lowest BCUT2D eigenvalue weighted by atomic mass is 10.1. The molecule has 1 aliphatic carbocycles. The second-order valence-electron chi connectivity index (χ2n) is 7.23. The zero-order valence-corrected chi connectivity index (χ0v) is 17.1. The summed E-state index contributed by atoms with van der Waals surface area (Å²) in [4.78, 5) is 13.9. The number of benzene rings is 1. The van der Waals surface area contributed by atoms with Gasteiger partial charge in [0.05, 0.1) is 11.7 Å². The van der Waals surface area contributed by atoms with Gasteiger partial charge >= 0.3 is 0 Å². The Morgan fingerprint density at radius 3 is 2.67 bits per heavy atom. The van der Waals surface area contributed by atoms with Crippen LogP contribution in [0.3, 0.4) is 0 Å². The molecule has 2 N–H and O–H groups in total. The zero-order valence-electron chi connectivity index (χ0n) is 15.5. The summed E-state index contributed by atoms with van der Waals surface area (Å²) >= 11 is 1.86. The van der Waals surface area contributed by atoms with Crippen molar-refractivity contribution in [2.45, 2.75) is 48.3 Å². The Bertz CT molecular complexity index is 772. The van der Waals surface area contributed by atoms with Crippen molar-refractivity contribution in [2.75, 3.05) is 19.6 Å². The van der Waals surface area contributed by atoms with Gasteiger partial charge in [0.25, 0.3) is 5.91 Å². The molecule has 0 radical (unpaired) electrons. The smallest absolute Gasteiger partial charge is 0.273 e. The van der Waals surface area contributed by atoms with E-state index in [1.165, 1.54) is 4.90 Å². The summed E-state index contributed by atoms with van der Waals surface area (Å²) in [5.74, 6) is -0.109. The first kappa shape index (κ1) is 20.2. The summed E-state index contributed by atoms with van der Waals surface area (Å²) in [6, 6.07) is 10.7. The molecule has 2 fully saturated rings. The number of carbonyl (C=O) groups is 1. The average Bonchev–Trinajstić information content (AvgIpc) is 3.33. The molecule has 0 atom stereocenters. The summed E-state index contributed by atoms with van der Waals surface area (Å²) in [7, 11) is 0. The minimum Gasteiger partial charge on any atom is -0.349 e. The molecule has 4 rings (SSSR count). The van der Waals surface area contributed by atoms with E-state index >= 15 is 0 Å². The standard InChI is InChI=1S/C19H25N5OS.ClH/c1-14-17(22-23-24(14)15-7-11-20-12-8-15)18(25)21-13-19(9-10-19)26-16-5-3-2-4-6-16;/h2-6,15,20H,7-13H2,1H3,(H,21,25);1H. The van der Waals surface area contributed by atoms with E-state index < -0.39 is 0 Å². The highest BCUT2D eigenvalue weighted by molar-refractivity contribution is 8.01. The highest BCUT2D eigenvalue weighted by Crippen LogP contribution is 2.51. The molecule has 0 spiro atoms. The summed E-state index contributed by atoms with van der Waals surface area (Å²) in [6.45, 7) is 4.60. The molecule has 6 nitrogen and oxygen atoms in total. The molecule has 1 saturated carbocycles. The van der Waals surface area contributed by atoms with Gasteiger partial charge in [-0.1, -0.05) is 23.4 Å². The van der Waals surface area contributed by atoms with Gasteiger partial charge in [-0.05, 0) is 57.8 Å². The minimum absolute atomic E-state index is 0. The van der Waals surface area contributed by atoms with Gasteiger partial charge in [-0.2, -0.15) is 0 Å². The molecule has 0 unspecified atom stereocenters. The fourth-order valence-corrected chi connectivity index (χ4v) is 4.71. The number of rotatable bonds is 6. The average molecular weight is 408 g/mol. The van der Waals surface area contributed by atoms with Crippen molar-refractivity contribution in [2.24, 2.45) is 0 Å². The van der Waals surface area contributed by atoms with Crippen LogP contribution in [0.1, 0.15) is 47.9 Å². The maximum absolute atomic E-state index is 12.6. The first-order chi connectivity index (χ1) is 12.7. The van der Waals surface area contributed by atoms with Gasteiger partial charge in [-0.25, -0.2) is 4.68 Å². The maximum atomic E-state index is 12.6. The Balaban J connectivity index is 0.00000210. The van der Waals surface area contributed by atoms with Crippen LogP contribution in [0.2, 0.25) is 0 Å². The van der Waals surface area contributed by atoms with E-state index in [1.807, 2.05) is 29.4 Å². The van der Waals surface area contributed by atoms with Gasteiger partial charge < -0.3 is 10.6 Å². The predicted octanol–water partition coefficient (Wildman–Crippen LogP) is 2.99. The van der Waals surface area contributed by atoms with Gasteiger partial charge in [-0.15, -0.1) is 29.3 Å². The number of piperidine rings is 1. The van der Waals surface area contributed by atoms with E-state index in [4.69, 9.17) is 0 Å². The van der Waals surface area contributed by atoms with Crippen molar-refractivity contribution in [3.63, 3.8) is 0 Å². The van der Waals surface area contributed by atoms with Crippen molar-refractivity contribution in [3.8, 4) is 0 Å². The quantitative estimate of drug-likeness (QED) is 0.770. The number of carbonyl (C=O) groups excluding carboxylic acids is 1. The Labute approximate surface area is 170 Å². The number of amides is 1. The predicted molar refractivity (Wildman–Crippen MR) is 110 cm³/mol. The monoisotopic (exact) mass is 407 g/mol. The van der Waals surface area contributed by atoms with Crippen LogP contribution in [0.25, 0.3) is 0 Å². The molecule has 0 bridgehead atoms.